The Labute approximate surface area is 175 Å². The molecule has 2 aromatic heterocycles. The molecule has 1 atom stereocenters. The van der Waals surface area contributed by atoms with Crippen molar-refractivity contribution in [3.63, 3.8) is 0 Å². The molecule has 0 bridgehead atoms. The van der Waals surface area contributed by atoms with Gasteiger partial charge < -0.3 is 10.6 Å². The molecule has 3 heterocycles. The lowest BCUT2D eigenvalue weighted by molar-refractivity contribution is 0.102. The average Bonchev–Trinajstić information content (AvgIpc) is 3.36. The third kappa shape index (κ3) is 5.31. The van der Waals surface area contributed by atoms with Crippen LogP contribution in [-0.4, -0.2) is 43.5 Å². The zero-order valence-corrected chi connectivity index (χ0v) is 16.8. The summed E-state index contributed by atoms with van der Waals surface area (Å²) in [6.07, 6.45) is 7.29. The van der Waals surface area contributed by atoms with Gasteiger partial charge in [0.1, 0.15) is 12.7 Å². The molecule has 0 radical (unpaired) electrons. The van der Waals surface area contributed by atoms with E-state index >= 15 is 0 Å². The summed E-state index contributed by atoms with van der Waals surface area (Å²) in [5, 5.41) is 14.8. The van der Waals surface area contributed by atoms with Crippen LogP contribution in [-0.2, 0) is 6.54 Å². The van der Waals surface area contributed by atoms with Gasteiger partial charge in [0.2, 0.25) is 0 Å². The second-order valence-corrected chi connectivity index (χ2v) is 6.43. The summed E-state index contributed by atoms with van der Waals surface area (Å²) >= 11 is 0. The van der Waals surface area contributed by atoms with E-state index < -0.39 is 0 Å². The number of amides is 1. The van der Waals surface area contributed by atoms with Crippen LogP contribution in [0.3, 0.4) is 0 Å². The number of hydrogen-bond donors (Lipinski definition) is 2. The first-order valence-electron chi connectivity index (χ1n) is 8.76. The van der Waals surface area contributed by atoms with E-state index in [1.54, 1.807) is 17.1 Å². The van der Waals surface area contributed by atoms with Gasteiger partial charge >= 0.3 is 0 Å². The molecule has 1 aliphatic heterocycles. The van der Waals surface area contributed by atoms with Crippen molar-refractivity contribution in [2.24, 2.45) is 0 Å². The number of nitrogens with zero attached hydrogens (tertiary/aromatic N) is 5. The number of aromatic nitrogens is 5. The van der Waals surface area contributed by atoms with E-state index in [1.807, 2.05) is 35.1 Å². The van der Waals surface area contributed by atoms with Crippen molar-refractivity contribution in [2.75, 3.05) is 18.4 Å². The van der Waals surface area contributed by atoms with Crippen molar-refractivity contribution in [1.82, 2.24) is 29.9 Å². The molecule has 3 aromatic rings. The van der Waals surface area contributed by atoms with Crippen LogP contribution in [0.25, 0.3) is 0 Å². The Morgan fingerprint density at radius 3 is 2.71 bits per heavy atom. The summed E-state index contributed by atoms with van der Waals surface area (Å²) in [4.78, 5) is 16.4. The predicted octanol–water partition coefficient (Wildman–Crippen LogP) is 2.54. The fourth-order valence-corrected chi connectivity index (χ4v) is 3.11. The summed E-state index contributed by atoms with van der Waals surface area (Å²) in [5.74, 6) is -0.198. The van der Waals surface area contributed by atoms with Crippen LogP contribution in [0.15, 0.2) is 49.2 Å². The van der Waals surface area contributed by atoms with Crippen molar-refractivity contribution in [3.8, 4) is 0 Å². The Balaban J connectivity index is 0.00000140. The molecule has 1 aromatic carbocycles. The highest BCUT2D eigenvalue weighted by atomic mass is 35.5. The second-order valence-electron chi connectivity index (χ2n) is 6.43. The van der Waals surface area contributed by atoms with Crippen LogP contribution < -0.4 is 10.6 Å². The molecule has 10 heteroatoms. The van der Waals surface area contributed by atoms with Gasteiger partial charge in [-0.3, -0.25) is 9.48 Å². The molecule has 0 saturated carbocycles. The largest absolute Gasteiger partial charge is 0.321 e. The summed E-state index contributed by atoms with van der Waals surface area (Å²) in [5.41, 5.74) is 2.26. The number of hydrogen-bond acceptors (Lipinski definition) is 5. The van der Waals surface area contributed by atoms with Crippen LogP contribution in [0, 0.1) is 0 Å². The average molecular weight is 424 g/mol. The zero-order chi connectivity index (χ0) is 17.8. The lowest BCUT2D eigenvalue weighted by Crippen LogP contribution is -2.32. The Morgan fingerprint density at radius 1 is 1.21 bits per heavy atom. The first-order valence-corrected chi connectivity index (χ1v) is 8.76. The number of carbonyl (C=O) groups excluding carboxylic acids is 1. The van der Waals surface area contributed by atoms with E-state index in [0.29, 0.717) is 18.3 Å². The van der Waals surface area contributed by atoms with E-state index in [4.69, 9.17) is 0 Å². The molecule has 150 valence electrons. The highest BCUT2D eigenvalue weighted by Crippen LogP contribution is 2.16. The molecule has 28 heavy (non-hydrogen) atoms. The second kappa shape index (κ2) is 10.2. The van der Waals surface area contributed by atoms with Crippen molar-refractivity contribution in [3.05, 3.63) is 60.4 Å². The number of piperidine rings is 1. The number of nitrogens with one attached hydrogen (secondary N) is 2. The standard InChI is InChI=1S/C18H21N7O.2ClH/c26-18(17-7-9-25(23-17)16-2-1-8-19-10-16)22-15-5-3-14(4-6-15)11-24-13-20-12-21-24;;/h3-7,9,12-13,16,19H,1-2,8,10-11H2,(H,22,26);2*1H. The maximum Gasteiger partial charge on any atom is 0.276 e. The Morgan fingerprint density at radius 2 is 2.04 bits per heavy atom. The van der Waals surface area contributed by atoms with E-state index in [1.165, 1.54) is 6.33 Å². The van der Waals surface area contributed by atoms with Crippen molar-refractivity contribution in [2.45, 2.75) is 25.4 Å². The van der Waals surface area contributed by atoms with E-state index in [0.717, 1.165) is 37.2 Å². The normalized spacial score (nSPS) is 15.9. The van der Waals surface area contributed by atoms with Crippen molar-refractivity contribution < 1.29 is 4.79 Å². The molecule has 0 spiro atoms. The van der Waals surface area contributed by atoms with E-state index in [-0.39, 0.29) is 30.7 Å². The summed E-state index contributed by atoms with van der Waals surface area (Å²) < 4.78 is 3.64. The minimum Gasteiger partial charge on any atom is -0.321 e. The molecular formula is C18H23Cl2N7O. The van der Waals surface area contributed by atoms with Gasteiger partial charge in [0.05, 0.1) is 12.6 Å². The number of carbonyl (C=O) groups is 1. The smallest absolute Gasteiger partial charge is 0.276 e. The highest BCUT2D eigenvalue weighted by molar-refractivity contribution is 6.02. The molecule has 1 aliphatic rings. The van der Waals surface area contributed by atoms with Crippen LogP contribution in [0.5, 0.6) is 0 Å². The molecule has 2 N–H and O–H groups in total. The van der Waals surface area contributed by atoms with Gasteiger partial charge in [-0.15, -0.1) is 24.8 Å². The third-order valence-corrected chi connectivity index (χ3v) is 4.51. The first kappa shape index (κ1) is 21.9. The molecule has 1 fully saturated rings. The molecule has 4 rings (SSSR count). The minimum absolute atomic E-state index is 0. The molecule has 0 aliphatic carbocycles. The maximum atomic E-state index is 12.4. The number of halogens is 2. The van der Waals surface area contributed by atoms with E-state index in [9.17, 15) is 4.79 Å². The highest BCUT2D eigenvalue weighted by Gasteiger charge is 2.17. The zero-order valence-electron chi connectivity index (χ0n) is 15.2. The Hall–Kier alpha value is -2.42. The van der Waals surface area contributed by atoms with E-state index in [2.05, 4.69) is 25.8 Å². The molecular weight excluding hydrogens is 401 g/mol. The van der Waals surface area contributed by atoms with Gasteiger partial charge in [-0.25, -0.2) is 9.67 Å². The molecule has 1 unspecified atom stereocenters. The van der Waals surface area contributed by atoms with Crippen LogP contribution in [0.2, 0.25) is 0 Å². The number of rotatable bonds is 5. The fraction of sp³-hybridized carbons (Fsp3) is 0.333. The quantitative estimate of drug-likeness (QED) is 0.657. The summed E-state index contributed by atoms with van der Waals surface area (Å²) in [6.45, 7) is 2.60. The van der Waals surface area contributed by atoms with Crippen molar-refractivity contribution >= 4 is 36.4 Å². The monoisotopic (exact) mass is 423 g/mol. The van der Waals surface area contributed by atoms with Gasteiger partial charge in [-0.2, -0.15) is 10.2 Å². The van der Waals surface area contributed by atoms with Gasteiger partial charge in [0, 0.05) is 18.4 Å². The fourth-order valence-electron chi connectivity index (χ4n) is 3.11. The maximum absolute atomic E-state index is 12.4. The number of anilines is 1. The van der Waals surface area contributed by atoms with Crippen molar-refractivity contribution in [1.29, 1.82) is 0 Å². The predicted molar refractivity (Wildman–Crippen MR) is 111 cm³/mol. The third-order valence-electron chi connectivity index (χ3n) is 4.51. The first-order chi connectivity index (χ1) is 12.8. The van der Waals surface area contributed by atoms with Gasteiger partial charge in [0.15, 0.2) is 5.69 Å². The molecule has 8 nitrogen and oxygen atoms in total. The van der Waals surface area contributed by atoms with Crippen LogP contribution in [0.4, 0.5) is 5.69 Å². The Kier molecular flexibility index (Phi) is 7.98. The van der Waals surface area contributed by atoms with Gasteiger partial charge in [-0.05, 0) is 43.1 Å². The van der Waals surface area contributed by atoms with Gasteiger partial charge in [-0.1, -0.05) is 12.1 Å². The van der Waals surface area contributed by atoms with Crippen LogP contribution >= 0.6 is 24.8 Å². The van der Waals surface area contributed by atoms with Crippen LogP contribution in [0.1, 0.15) is 34.9 Å². The Bertz CT molecular complexity index is 858. The lowest BCUT2D eigenvalue weighted by atomic mass is 10.1. The molecule has 1 amide bonds. The minimum atomic E-state index is -0.198. The molecule has 1 saturated heterocycles. The number of benzene rings is 1. The summed E-state index contributed by atoms with van der Waals surface area (Å²) in [7, 11) is 0. The lowest BCUT2D eigenvalue weighted by Gasteiger charge is -2.22. The topological polar surface area (TPSA) is 89.7 Å². The SMILES string of the molecule is Cl.Cl.O=C(Nc1ccc(Cn2cncn2)cc1)c1ccn(C2CCCNC2)n1. The van der Waals surface area contributed by atoms with Gasteiger partial charge in [0.25, 0.3) is 5.91 Å². The summed E-state index contributed by atoms with van der Waals surface area (Å²) in [6, 6.07) is 9.77.